The molecule has 0 aromatic carbocycles. The zero-order valence-electron chi connectivity index (χ0n) is 7.47. The van der Waals surface area contributed by atoms with Gasteiger partial charge in [0, 0.05) is 11.8 Å². The minimum Gasteiger partial charge on any atom is -0.475 e. The Hall–Kier alpha value is -1.13. The van der Waals surface area contributed by atoms with E-state index in [1.807, 2.05) is 19.1 Å². The number of hydrogen-bond acceptors (Lipinski definition) is 4. The third-order valence-corrected chi connectivity index (χ3v) is 1.58. The molecule has 1 aromatic heterocycles. The number of nitrogens with zero attached hydrogens (tertiary/aromatic N) is 1. The zero-order valence-corrected chi connectivity index (χ0v) is 7.47. The van der Waals surface area contributed by atoms with E-state index in [0.29, 0.717) is 5.88 Å². The lowest BCUT2D eigenvalue weighted by Crippen LogP contribution is -2.21. The first-order chi connectivity index (χ1) is 6.24. The minimum atomic E-state index is -0.846. The van der Waals surface area contributed by atoms with E-state index in [1.54, 1.807) is 6.20 Å². The molecule has 0 fully saturated rings. The van der Waals surface area contributed by atoms with Gasteiger partial charge in [-0.25, -0.2) is 4.98 Å². The maximum atomic E-state index is 9.01. The molecule has 0 aliphatic heterocycles. The van der Waals surface area contributed by atoms with Gasteiger partial charge in [0.15, 0.2) is 0 Å². The van der Waals surface area contributed by atoms with E-state index in [-0.39, 0.29) is 13.2 Å². The Bertz CT molecular complexity index is 265. The van der Waals surface area contributed by atoms with Crippen LogP contribution in [0.4, 0.5) is 0 Å². The molecule has 0 bridgehead atoms. The van der Waals surface area contributed by atoms with Gasteiger partial charge in [-0.2, -0.15) is 0 Å². The molecule has 72 valence electrons. The highest BCUT2D eigenvalue weighted by atomic mass is 16.5. The maximum Gasteiger partial charge on any atom is 0.216 e. The van der Waals surface area contributed by atoms with Crippen LogP contribution in [-0.2, 0) is 0 Å². The molecular weight excluding hydrogens is 170 g/mol. The highest BCUT2D eigenvalue weighted by molar-refractivity contribution is 5.23. The van der Waals surface area contributed by atoms with Crippen molar-refractivity contribution in [1.29, 1.82) is 0 Å². The average molecular weight is 183 g/mol. The summed E-state index contributed by atoms with van der Waals surface area (Å²) in [5.74, 6) is 0.495. The standard InChI is InChI=1S/C9H13NO3/c1-7-3-2-4-10-9(7)13-6-8(12)5-11/h2-4,8,11-12H,5-6H2,1H3. The van der Waals surface area contributed by atoms with E-state index in [0.717, 1.165) is 5.56 Å². The van der Waals surface area contributed by atoms with Crippen molar-refractivity contribution in [3.05, 3.63) is 23.9 Å². The predicted molar refractivity (Wildman–Crippen MR) is 47.6 cm³/mol. The van der Waals surface area contributed by atoms with E-state index in [4.69, 9.17) is 14.9 Å². The van der Waals surface area contributed by atoms with Gasteiger partial charge in [-0.3, -0.25) is 0 Å². The molecule has 1 atom stereocenters. The largest absolute Gasteiger partial charge is 0.475 e. The topological polar surface area (TPSA) is 62.6 Å². The number of rotatable bonds is 4. The normalized spacial score (nSPS) is 12.5. The van der Waals surface area contributed by atoms with Crippen LogP contribution in [-0.4, -0.2) is 34.5 Å². The molecule has 1 unspecified atom stereocenters. The van der Waals surface area contributed by atoms with Crippen LogP contribution in [0.25, 0.3) is 0 Å². The monoisotopic (exact) mass is 183 g/mol. The van der Waals surface area contributed by atoms with Gasteiger partial charge >= 0.3 is 0 Å². The van der Waals surface area contributed by atoms with Crippen LogP contribution >= 0.6 is 0 Å². The lowest BCUT2D eigenvalue weighted by atomic mass is 10.3. The van der Waals surface area contributed by atoms with Crippen molar-refractivity contribution in [1.82, 2.24) is 4.98 Å². The quantitative estimate of drug-likeness (QED) is 0.696. The Kier molecular flexibility index (Phi) is 3.67. The fourth-order valence-corrected chi connectivity index (χ4v) is 0.850. The molecular formula is C9H13NO3. The summed E-state index contributed by atoms with van der Waals surface area (Å²) in [7, 11) is 0. The van der Waals surface area contributed by atoms with E-state index < -0.39 is 6.10 Å². The van der Waals surface area contributed by atoms with Gasteiger partial charge in [0.25, 0.3) is 0 Å². The number of pyridine rings is 1. The van der Waals surface area contributed by atoms with Gasteiger partial charge in [0.1, 0.15) is 12.7 Å². The summed E-state index contributed by atoms with van der Waals surface area (Å²) in [6.07, 6.45) is 0.773. The first-order valence-electron chi connectivity index (χ1n) is 4.07. The van der Waals surface area contributed by atoms with Crippen LogP contribution in [0.3, 0.4) is 0 Å². The summed E-state index contributed by atoms with van der Waals surface area (Å²) in [4.78, 5) is 3.97. The number of aliphatic hydroxyl groups is 2. The number of ether oxygens (including phenoxy) is 1. The fourth-order valence-electron chi connectivity index (χ4n) is 0.850. The summed E-state index contributed by atoms with van der Waals surface area (Å²) in [6, 6.07) is 3.68. The van der Waals surface area contributed by atoms with Gasteiger partial charge in [-0.1, -0.05) is 6.07 Å². The van der Waals surface area contributed by atoms with Crippen molar-refractivity contribution in [2.45, 2.75) is 13.0 Å². The number of hydrogen-bond donors (Lipinski definition) is 2. The lowest BCUT2D eigenvalue weighted by Gasteiger charge is -2.10. The van der Waals surface area contributed by atoms with Gasteiger partial charge in [-0.05, 0) is 13.0 Å². The highest BCUT2D eigenvalue weighted by Crippen LogP contribution is 2.11. The molecule has 0 spiro atoms. The molecule has 0 amide bonds. The van der Waals surface area contributed by atoms with Gasteiger partial charge < -0.3 is 14.9 Å². The van der Waals surface area contributed by atoms with Crippen molar-refractivity contribution in [2.24, 2.45) is 0 Å². The number of aromatic nitrogens is 1. The molecule has 0 aliphatic carbocycles. The number of aryl methyl sites for hydroxylation is 1. The molecule has 0 saturated heterocycles. The molecule has 4 nitrogen and oxygen atoms in total. The van der Waals surface area contributed by atoms with E-state index >= 15 is 0 Å². The maximum absolute atomic E-state index is 9.01. The van der Waals surface area contributed by atoms with Gasteiger partial charge in [-0.15, -0.1) is 0 Å². The van der Waals surface area contributed by atoms with Crippen LogP contribution in [0.1, 0.15) is 5.56 Å². The smallest absolute Gasteiger partial charge is 0.216 e. The average Bonchev–Trinajstić information content (AvgIpc) is 2.16. The van der Waals surface area contributed by atoms with Crippen molar-refractivity contribution in [3.63, 3.8) is 0 Å². The Labute approximate surface area is 76.8 Å². The van der Waals surface area contributed by atoms with E-state index in [2.05, 4.69) is 4.98 Å². The molecule has 1 heterocycles. The highest BCUT2D eigenvalue weighted by Gasteiger charge is 2.04. The fraction of sp³-hybridized carbons (Fsp3) is 0.444. The second-order valence-electron chi connectivity index (χ2n) is 2.77. The molecule has 1 aromatic rings. The molecule has 4 heteroatoms. The van der Waals surface area contributed by atoms with Crippen molar-refractivity contribution in [3.8, 4) is 5.88 Å². The third kappa shape index (κ3) is 3.01. The summed E-state index contributed by atoms with van der Waals surface area (Å²) in [5, 5.41) is 17.5. The van der Waals surface area contributed by atoms with E-state index in [1.165, 1.54) is 0 Å². The van der Waals surface area contributed by atoms with Gasteiger partial charge in [0.2, 0.25) is 5.88 Å². The van der Waals surface area contributed by atoms with Crippen molar-refractivity contribution >= 4 is 0 Å². The zero-order chi connectivity index (χ0) is 9.68. The molecule has 0 aliphatic rings. The Morgan fingerprint density at radius 3 is 3.00 bits per heavy atom. The van der Waals surface area contributed by atoms with Gasteiger partial charge in [0.05, 0.1) is 6.61 Å². The van der Waals surface area contributed by atoms with Crippen LogP contribution < -0.4 is 4.74 Å². The molecule has 0 radical (unpaired) electrons. The summed E-state index contributed by atoms with van der Waals surface area (Å²) in [6.45, 7) is 1.63. The molecule has 13 heavy (non-hydrogen) atoms. The van der Waals surface area contributed by atoms with Crippen LogP contribution in [0.2, 0.25) is 0 Å². The lowest BCUT2D eigenvalue weighted by molar-refractivity contribution is 0.0519. The summed E-state index contributed by atoms with van der Waals surface area (Å²) < 4.78 is 5.17. The van der Waals surface area contributed by atoms with E-state index in [9.17, 15) is 0 Å². The van der Waals surface area contributed by atoms with Crippen molar-refractivity contribution in [2.75, 3.05) is 13.2 Å². The van der Waals surface area contributed by atoms with Crippen LogP contribution in [0, 0.1) is 6.92 Å². The first kappa shape index (κ1) is 9.95. The number of aliphatic hydroxyl groups excluding tert-OH is 2. The van der Waals surface area contributed by atoms with Crippen LogP contribution in [0.5, 0.6) is 5.88 Å². The Morgan fingerprint density at radius 1 is 1.62 bits per heavy atom. The summed E-state index contributed by atoms with van der Waals surface area (Å²) in [5.41, 5.74) is 0.910. The third-order valence-electron chi connectivity index (χ3n) is 1.58. The Morgan fingerprint density at radius 2 is 2.38 bits per heavy atom. The first-order valence-corrected chi connectivity index (χ1v) is 4.07. The second-order valence-corrected chi connectivity index (χ2v) is 2.77. The molecule has 1 rings (SSSR count). The second kappa shape index (κ2) is 4.79. The summed E-state index contributed by atoms with van der Waals surface area (Å²) >= 11 is 0. The molecule has 2 N–H and O–H groups in total. The van der Waals surface area contributed by atoms with Crippen LogP contribution in [0.15, 0.2) is 18.3 Å². The van der Waals surface area contributed by atoms with Crippen molar-refractivity contribution < 1.29 is 14.9 Å². The Balaban J connectivity index is 2.50. The molecule has 0 saturated carbocycles. The predicted octanol–water partition coefficient (Wildman–Crippen LogP) is 0.122. The SMILES string of the molecule is Cc1cccnc1OCC(O)CO. The minimum absolute atomic E-state index is 0.0638.